The van der Waals surface area contributed by atoms with Gasteiger partial charge in [0.15, 0.2) is 0 Å². The molecule has 0 aliphatic carbocycles. The van der Waals surface area contributed by atoms with Crippen LogP contribution in [-0.2, 0) is 19.6 Å². The van der Waals surface area contributed by atoms with Gasteiger partial charge in [0.2, 0.25) is 15.9 Å². The Labute approximate surface area is 168 Å². The number of amides is 1. The molecule has 28 heavy (non-hydrogen) atoms. The molecular weight excluding hydrogens is 378 g/mol. The quantitative estimate of drug-likeness (QED) is 0.686. The molecule has 1 N–H and O–H groups in total. The molecule has 1 aromatic carbocycles. The van der Waals surface area contributed by atoms with Crippen molar-refractivity contribution < 1.29 is 17.9 Å². The molecule has 1 aromatic rings. The fraction of sp³-hybridized carbons (Fsp3) is 0.650. The average molecular weight is 410 g/mol. The summed E-state index contributed by atoms with van der Waals surface area (Å²) in [5.74, 6) is -0.317. The molecule has 156 valence electrons. The van der Waals surface area contributed by atoms with Crippen molar-refractivity contribution in [2.75, 3.05) is 52.5 Å². The molecule has 2 aliphatic heterocycles. The molecule has 0 bridgehead atoms. The van der Waals surface area contributed by atoms with Crippen molar-refractivity contribution in [2.24, 2.45) is 5.92 Å². The number of carbonyl (C=O) groups is 1. The van der Waals surface area contributed by atoms with Crippen LogP contribution in [0, 0.1) is 12.8 Å². The largest absolute Gasteiger partial charge is 0.379 e. The average Bonchev–Trinajstić information content (AvgIpc) is 2.72. The lowest BCUT2D eigenvalue weighted by Crippen LogP contribution is -2.45. The molecule has 0 radical (unpaired) electrons. The van der Waals surface area contributed by atoms with Gasteiger partial charge in [-0.1, -0.05) is 17.7 Å². The maximum absolute atomic E-state index is 12.9. The van der Waals surface area contributed by atoms with Gasteiger partial charge in [-0.15, -0.1) is 0 Å². The summed E-state index contributed by atoms with van der Waals surface area (Å²) in [6.45, 7) is 7.67. The molecule has 2 fully saturated rings. The van der Waals surface area contributed by atoms with E-state index >= 15 is 0 Å². The zero-order valence-electron chi connectivity index (χ0n) is 16.6. The van der Waals surface area contributed by atoms with Crippen LogP contribution in [-0.4, -0.2) is 76.0 Å². The van der Waals surface area contributed by atoms with Crippen LogP contribution in [0.2, 0.25) is 0 Å². The molecule has 0 unspecified atom stereocenters. The third kappa shape index (κ3) is 5.53. The number of hydrogen-bond acceptors (Lipinski definition) is 5. The highest BCUT2D eigenvalue weighted by Gasteiger charge is 2.33. The maximum atomic E-state index is 12.9. The van der Waals surface area contributed by atoms with Crippen molar-refractivity contribution in [2.45, 2.75) is 31.1 Å². The van der Waals surface area contributed by atoms with Crippen LogP contribution in [0.3, 0.4) is 0 Å². The lowest BCUT2D eigenvalue weighted by Gasteiger charge is -2.31. The normalized spacial score (nSPS) is 22.1. The van der Waals surface area contributed by atoms with E-state index in [9.17, 15) is 13.2 Å². The van der Waals surface area contributed by atoms with Crippen molar-refractivity contribution in [3.63, 3.8) is 0 Å². The second-order valence-electron chi connectivity index (χ2n) is 7.61. The molecule has 2 saturated heterocycles. The third-order valence-electron chi connectivity index (χ3n) is 5.47. The van der Waals surface area contributed by atoms with E-state index in [2.05, 4.69) is 10.2 Å². The van der Waals surface area contributed by atoms with E-state index in [-0.39, 0.29) is 18.4 Å². The maximum Gasteiger partial charge on any atom is 0.243 e. The number of aryl methyl sites for hydroxylation is 1. The minimum atomic E-state index is -3.55. The van der Waals surface area contributed by atoms with Gasteiger partial charge in [-0.3, -0.25) is 9.69 Å². The molecule has 0 saturated carbocycles. The first-order valence-electron chi connectivity index (χ1n) is 10.1. The van der Waals surface area contributed by atoms with E-state index in [4.69, 9.17) is 4.74 Å². The second-order valence-corrected chi connectivity index (χ2v) is 9.55. The number of carbonyl (C=O) groups excluding carboxylic acids is 1. The number of nitrogens with one attached hydrogen (secondary N) is 1. The molecule has 1 amide bonds. The van der Waals surface area contributed by atoms with Crippen LogP contribution < -0.4 is 5.32 Å². The summed E-state index contributed by atoms with van der Waals surface area (Å²) < 4.78 is 32.6. The summed E-state index contributed by atoms with van der Waals surface area (Å²) in [6, 6.07) is 6.88. The smallest absolute Gasteiger partial charge is 0.243 e. The highest BCUT2D eigenvalue weighted by atomic mass is 32.2. The van der Waals surface area contributed by atoms with Crippen LogP contribution in [0.15, 0.2) is 29.2 Å². The summed E-state index contributed by atoms with van der Waals surface area (Å²) in [4.78, 5) is 15.2. The van der Waals surface area contributed by atoms with Gasteiger partial charge in [0.25, 0.3) is 0 Å². The Bertz CT molecular complexity index is 745. The van der Waals surface area contributed by atoms with Crippen LogP contribution in [0.1, 0.15) is 24.8 Å². The summed E-state index contributed by atoms with van der Waals surface area (Å²) in [5, 5.41) is 2.99. The number of sulfonamides is 1. The predicted octanol–water partition coefficient (Wildman–Crippen LogP) is 1.23. The number of rotatable bonds is 7. The van der Waals surface area contributed by atoms with Gasteiger partial charge in [-0.25, -0.2) is 8.42 Å². The monoisotopic (exact) mass is 409 g/mol. The number of morpholine rings is 1. The van der Waals surface area contributed by atoms with Crippen LogP contribution in [0.4, 0.5) is 0 Å². The van der Waals surface area contributed by atoms with Gasteiger partial charge in [-0.05, 0) is 44.9 Å². The lowest BCUT2D eigenvalue weighted by molar-refractivity contribution is -0.126. The first-order valence-corrected chi connectivity index (χ1v) is 11.6. The summed E-state index contributed by atoms with van der Waals surface area (Å²) in [7, 11) is -3.55. The van der Waals surface area contributed by atoms with Crippen molar-refractivity contribution in [3.8, 4) is 0 Å². The van der Waals surface area contributed by atoms with E-state index in [0.29, 0.717) is 24.4 Å². The summed E-state index contributed by atoms with van der Waals surface area (Å²) in [5.41, 5.74) is 1.02. The Kier molecular flexibility index (Phi) is 7.45. The summed E-state index contributed by atoms with van der Waals surface area (Å²) >= 11 is 0. The number of piperidine rings is 1. The van der Waals surface area contributed by atoms with Gasteiger partial charge in [0, 0.05) is 32.7 Å². The number of nitrogens with zero attached hydrogens (tertiary/aromatic N) is 2. The van der Waals surface area contributed by atoms with Gasteiger partial charge >= 0.3 is 0 Å². The standard InChI is InChI=1S/C20H31N3O4S/c1-17-5-7-19(8-6-17)28(25,26)23-11-2-4-18(16-23)20(24)21-9-3-10-22-12-14-27-15-13-22/h5-8,18H,2-4,9-16H2,1H3,(H,21,24)/t18-/m1/s1. The Morgan fingerprint density at radius 1 is 1.18 bits per heavy atom. The van der Waals surface area contributed by atoms with Crippen LogP contribution in [0.25, 0.3) is 0 Å². The molecule has 2 aliphatic rings. The van der Waals surface area contributed by atoms with Crippen molar-refractivity contribution in [1.29, 1.82) is 0 Å². The highest BCUT2D eigenvalue weighted by Crippen LogP contribution is 2.24. The number of benzene rings is 1. The van der Waals surface area contributed by atoms with E-state index in [1.807, 2.05) is 6.92 Å². The molecule has 1 atom stereocenters. The van der Waals surface area contributed by atoms with Gasteiger partial charge in [-0.2, -0.15) is 4.31 Å². The highest BCUT2D eigenvalue weighted by molar-refractivity contribution is 7.89. The Morgan fingerprint density at radius 2 is 1.89 bits per heavy atom. The summed E-state index contributed by atoms with van der Waals surface area (Å²) in [6.07, 6.45) is 2.33. The molecule has 2 heterocycles. The van der Waals surface area contributed by atoms with E-state index in [0.717, 1.165) is 51.3 Å². The van der Waals surface area contributed by atoms with Crippen molar-refractivity contribution in [3.05, 3.63) is 29.8 Å². The number of ether oxygens (including phenoxy) is 1. The Morgan fingerprint density at radius 3 is 2.61 bits per heavy atom. The Hall–Kier alpha value is -1.48. The minimum Gasteiger partial charge on any atom is -0.379 e. The molecule has 8 heteroatoms. The Balaban J connectivity index is 1.48. The van der Waals surface area contributed by atoms with Crippen LogP contribution in [0.5, 0.6) is 0 Å². The molecular formula is C20H31N3O4S. The van der Waals surface area contributed by atoms with E-state index in [1.54, 1.807) is 24.3 Å². The fourth-order valence-electron chi connectivity index (χ4n) is 3.72. The SMILES string of the molecule is Cc1ccc(S(=O)(=O)N2CCC[C@@H](C(=O)NCCCN3CCOCC3)C2)cc1. The van der Waals surface area contributed by atoms with E-state index < -0.39 is 10.0 Å². The van der Waals surface area contributed by atoms with Crippen LogP contribution >= 0.6 is 0 Å². The van der Waals surface area contributed by atoms with Crippen molar-refractivity contribution >= 4 is 15.9 Å². The lowest BCUT2D eigenvalue weighted by atomic mass is 9.99. The second kappa shape index (κ2) is 9.82. The zero-order chi connectivity index (χ0) is 20.0. The van der Waals surface area contributed by atoms with Crippen molar-refractivity contribution in [1.82, 2.24) is 14.5 Å². The minimum absolute atomic E-state index is 0.0363. The molecule has 3 rings (SSSR count). The van der Waals surface area contributed by atoms with E-state index in [1.165, 1.54) is 4.31 Å². The van der Waals surface area contributed by atoms with Gasteiger partial charge < -0.3 is 10.1 Å². The molecule has 7 nitrogen and oxygen atoms in total. The topological polar surface area (TPSA) is 79.0 Å². The fourth-order valence-corrected chi connectivity index (χ4v) is 5.24. The first kappa shape index (κ1) is 21.2. The molecule has 0 aromatic heterocycles. The number of hydrogen-bond donors (Lipinski definition) is 1. The van der Waals surface area contributed by atoms with Gasteiger partial charge in [0.1, 0.15) is 0 Å². The first-order chi connectivity index (χ1) is 13.5. The third-order valence-corrected chi connectivity index (χ3v) is 7.35. The molecule has 0 spiro atoms. The predicted molar refractivity (Wildman–Crippen MR) is 108 cm³/mol. The zero-order valence-corrected chi connectivity index (χ0v) is 17.4. The van der Waals surface area contributed by atoms with Gasteiger partial charge in [0.05, 0.1) is 24.0 Å².